The first-order valence-electron chi connectivity index (χ1n) is 46.7. The molecule has 9 heteroatoms. The number of aliphatic carboxylic acids is 1. The molecule has 9 nitrogen and oxygen atoms in total. The maximum absolute atomic E-state index is 13.0. The molecule has 0 radical (unpaired) electrons. The Morgan fingerprint density at radius 2 is 0.441 bits per heavy atom. The molecule has 0 aliphatic heterocycles. The minimum absolute atomic E-state index is 0.171. The zero-order chi connectivity index (χ0) is 73.9. The van der Waals surface area contributed by atoms with Crippen molar-refractivity contribution in [2.24, 2.45) is 0 Å². The van der Waals surface area contributed by atoms with Crippen molar-refractivity contribution in [2.45, 2.75) is 533 Å². The van der Waals surface area contributed by atoms with Gasteiger partial charge >= 0.3 is 17.9 Å². The number of hydrogen-bond acceptors (Lipinski definition) is 7. The molecule has 2 unspecified atom stereocenters. The zero-order valence-electron chi connectivity index (χ0n) is 70.1. The summed E-state index contributed by atoms with van der Waals surface area (Å²) in [6.45, 7) is 5.00. The summed E-state index contributed by atoms with van der Waals surface area (Å²) in [5.41, 5.74) is 0. The number of carboxylic acid groups (broad SMARTS) is 1. The Labute approximate surface area is 638 Å². The number of unbranched alkanes of at least 4 members (excludes halogenated alkanes) is 75. The van der Waals surface area contributed by atoms with Gasteiger partial charge in [0.05, 0.1) is 34.4 Å². The summed E-state index contributed by atoms with van der Waals surface area (Å²) < 4.78 is 23.1. The highest BCUT2D eigenvalue weighted by Gasteiger charge is 2.25. The van der Waals surface area contributed by atoms with E-state index >= 15 is 0 Å². The molecule has 0 aliphatic carbocycles. The monoisotopic (exact) mass is 1440 g/mol. The Kier molecular flexibility index (Phi) is 83.5. The SMILES string of the molecule is CCCCCCCCCCCCCCCCCCCCCCCCCCCCCCCCCCCCCCCCCC(=O)OC(COC(=O)CCCCCCCCCCCCCCCCCCCCCCCCCCCCCCCCCCCCCCCC)COC(OCC[N+](C)(C)C)C(=O)O. The molecule has 0 fully saturated rings. The number of carbonyl (C=O) groups is 3. The van der Waals surface area contributed by atoms with Crippen molar-refractivity contribution in [1.82, 2.24) is 0 Å². The zero-order valence-corrected chi connectivity index (χ0v) is 70.1. The van der Waals surface area contributed by atoms with Crippen LogP contribution in [0.25, 0.3) is 0 Å². The van der Waals surface area contributed by atoms with Gasteiger partial charge in [-0.05, 0) is 12.8 Å². The van der Waals surface area contributed by atoms with Crippen molar-refractivity contribution in [3.63, 3.8) is 0 Å². The first kappa shape index (κ1) is 100. The normalized spacial score (nSPS) is 12.4. The van der Waals surface area contributed by atoms with Crippen LogP contribution in [0, 0.1) is 0 Å². The Hall–Kier alpha value is -1.71. The smallest absolute Gasteiger partial charge is 0.361 e. The molecule has 0 saturated carbocycles. The lowest BCUT2D eigenvalue weighted by molar-refractivity contribution is -0.870. The fourth-order valence-corrected chi connectivity index (χ4v) is 15.0. The number of hydrogen-bond donors (Lipinski definition) is 1. The molecular formula is C93H184NO8+. The van der Waals surface area contributed by atoms with E-state index in [0.717, 1.165) is 38.5 Å². The summed E-state index contributed by atoms with van der Waals surface area (Å²) in [6.07, 6.45) is 105. The van der Waals surface area contributed by atoms with Crippen LogP contribution in [0.4, 0.5) is 0 Å². The molecule has 0 aromatic carbocycles. The molecule has 0 rings (SSSR count). The van der Waals surface area contributed by atoms with E-state index in [-0.39, 0.29) is 38.2 Å². The third kappa shape index (κ3) is 85.5. The van der Waals surface area contributed by atoms with Gasteiger partial charge in [-0.15, -0.1) is 0 Å². The largest absolute Gasteiger partial charge is 0.477 e. The number of carbonyl (C=O) groups excluding carboxylic acids is 2. The predicted octanol–water partition coefficient (Wildman–Crippen LogP) is 30.4. The number of esters is 2. The topological polar surface area (TPSA) is 108 Å². The third-order valence-corrected chi connectivity index (χ3v) is 22.1. The van der Waals surface area contributed by atoms with Crippen molar-refractivity contribution in [3.8, 4) is 0 Å². The van der Waals surface area contributed by atoms with Gasteiger partial charge in [0.25, 0.3) is 6.29 Å². The Morgan fingerprint density at radius 1 is 0.255 bits per heavy atom. The average Bonchev–Trinajstić information content (AvgIpc) is 0.997. The van der Waals surface area contributed by atoms with Crippen LogP contribution in [0.3, 0.4) is 0 Å². The van der Waals surface area contributed by atoms with E-state index in [9.17, 15) is 19.5 Å². The summed E-state index contributed by atoms with van der Waals surface area (Å²) in [6, 6.07) is 0. The molecule has 1 N–H and O–H groups in total. The number of quaternary nitrogens is 1. The highest BCUT2D eigenvalue weighted by atomic mass is 16.7. The van der Waals surface area contributed by atoms with E-state index in [4.69, 9.17) is 18.9 Å². The molecule has 0 bridgehead atoms. The molecular weight excluding hydrogens is 1260 g/mol. The minimum atomic E-state index is -1.51. The highest BCUT2D eigenvalue weighted by molar-refractivity contribution is 5.71. The fourth-order valence-electron chi connectivity index (χ4n) is 15.0. The second kappa shape index (κ2) is 84.9. The van der Waals surface area contributed by atoms with Crippen LogP contribution in [0.15, 0.2) is 0 Å². The average molecular weight is 1440 g/mol. The van der Waals surface area contributed by atoms with Crippen molar-refractivity contribution >= 4 is 17.9 Å². The Morgan fingerprint density at radius 3 is 0.627 bits per heavy atom. The molecule has 0 saturated heterocycles. The van der Waals surface area contributed by atoms with Crippen LogP contribution < -0.4 is 0 Å². The first-order valence-corrected chi connectivity index (χ1v) is 46.7. The molecule has 0 aromatic heterocycles. The maximum atomic E-state index is 13.0. The van der Waals surface area contributed by atoms with E-state index in [1.165, 1.54) is 456 Å². The van der Waals surface area contributed by atoms with Crippen molar-refractivity contribution in [1.29, 1.82) is 0 Å². The third-order valence-electron chi connectivity index (χ3n) is 22.1. The van der Waals surface area contributed by atoms with Gasteiger partial charge in [0.1, 0.15) is 13.2 Å². The summed E-state index contributed by atoms with van der Waals surface area (Å²) in [5.74, 6) is -1.96. The van der Waals surface area contributed by atoms with Gasteiger partial charge in [-0.1, -0.05) is 495 Å². The van der Waals surface area contributed by atoms with Crippen molar-refractivity contribution < 1.29 is 42.9 Å². The summed E-state index contributed by atoms with van der Waals surface area (Å²) >= 11 is 0. The standard InChI is InChI=1S/C93H183NO8/c1-6-8-10-12-14-16-18-20-22-24-26-28-30-32-34-36-38-40-42-44-46-48-50-52-54-56-58-60-62-64-66-68-70-72-74-76-78-80-82-84-91(96)102-89(88-101-93(92(97)98)99-86-85-94(3,4)5)87-100-90(95)83-81-79-77-75-73-71-69-67-65-63-61-59-57-55-53-51-49-47-45-43-41-39-37-35-33-31-29-27-25-23-21-19-17-15-13-11-9-7-2/h89,93H,6-88H2,1-5H3/p+1. The molecule has 0 spiro atoms. The molecule has 0 heterocycles. The molecule has 2 atom stereocenters. The van der Waals surface area contributed by atoms with Crippen LogP contribution in [-0.2, 0) is 33.3 Å². The number of rotatable bonds is 90. The maximum Gasteiger partial charge on any atom is 0.361 e. The van der Waals surface area contributed by atoms with E-state index in [2.05, 4.69) is 13.8 Å². The number of ether oxygens (including phenoxy) is 4. The van der Waals surface area contributed by atoms with E-state index < -0.39 is 18.4 Å². The molecule has 0 aromatic rings. The van der Waals surface area contributed by atoms with Crippen LogP contribution in [-0.4, -0.2) is 87.4 Å². The predicted molar refractivity (Wildman–Crippen MR) is 443 cm³/mol. The second-order valence-electron chi connectivity index (χ2n) is 33.7. The lowest BCUT2D eigenvalue weighted by Gasteiger charge is -2.25. The van der Waals surface area contributed by atoms with E-state index in [0.29, 0.717) is 17.4 Å². The lowest BCUT2D eigenvalue weighted by Crippen LogP contribution is -2.40. The summed E-state index contributed by atoms with van der Waals surface area (Å²) in [7, 11) is 6.01. The molecule has 0 aliphatic rings. The molecule has 608 valence electrons. The van der Waals surface area contributed by atoms with Gasteiger partial charge in [0.2, 0.25) is 0 Å². The Balaban J connectivity index is 3.85. The molecule has 0 amide bonds. The van der Waals surface area contributed by atoms with E-state index in [1.807, 2.05) is 21.1 Å². The molecule has 102 heavy (non-hydrogen) atoms. The van der Waals surface area contributed by atoms with Gasteiger partial charge in [0, 0.05) is 12.8 Å². The summed E-state index contributed by atoms with van der Waals surface area (Å²) in [5, 5.41) is 9.80. The van der Waals surface area contributed by atoms with Crippen molar-refractivity contribution in [3.05, 3.63) is 0 Å². The number of nitrogens with zero attached hydrogens (tertiary/aromatic N) is 1. The van der Waals surface area contributed by atoms with Crippen LogP contribution >= 0.6 is 0 Å². The highest BCUT2D eigenvalue weighted by Crippen LogP contribution is 2.22. The van der Waals surface area contributed by atoms with Crippen molar-refractivity contribution in [2.75, 3.05) is 47.5 Å². The minimum Gasteiger partial charge on any atom is -0.477 e. The quantitative estimate of drug-likeness (QED) is 0.0278. The number of carboxylic acids is 1. The van der Waals surface area contributed by atoms with Gasteiger partial charge in [-0.25, -0.2) is 4.79 Å². The number of likely N-dealkylation sites (N-methyl/N-ethyl adjacent to an activating group) is 1. The lowest BCUT2D eigenvalue weighted by atomic mass is 10.0. The van der Waals surface area contributed by atoms with Gasteiger partial charge in [0.15, 0.2) is 6.10 Å². The van der Waals surface area contributed by atoms with Crippen LogP contribution in [0.5, 0.6) is 0 Å². The first-order chi connectivity index (χ1) is 50.1. The Bertz CT molecular complexity index is 1630. The van der Waals surface area contributed by atoms with Crippen LogP contribution in [0.2, 0.25) is 0 Å². The van der Waals surface area contributed by atoms with Gasteiger partial charge in [-0.2, -0.15) is 0 Å². The van der Waals surface area contributed by atoms with Gasteiger partial charge in [-0.3, -0.25) is 9.59 Å². The van der Waals surface area contributed by atoms with Gasteiger partial charge < -0.3 is 28.5 Å². The van der Waals surface area contributed by atoms with E-state index in [1.54, 1.807) is 0 Å². The fraction of sp³-hybridized carbons (Fsp3) is 0.968. The second-order valence-corrected chi connectivity index (χ2v) is 33.7. The van der Waals surface area contributed by atoms with Crippen LogP contribution in [0.1, 0.15) is 521 Å². The summed E-state index contributed by atoms with van der Waals surface area (Å²) in [4.78, 5) is 37.8.